The van der Waals surface area contributed by atoms with Crippen LogP contribution in [-0.2, 0) is 17.9 Å². The van der Waals surface area contributed by atoms with Gasteiger partial charge in [-0.2, -0.15) is 10.4 Å². The Labute approximate surface area is 261 Å². The maximum atomic E-state index is 13.5. The molecule has 11 heteroatoms. The first kappa shape index (κ1) is 31.0. The molecule has 0 bridgehead atoms. The smallest absolute Gasteiger partial charge is 0.268 e. The van der Waals surface area contributed by atoms with Gasteiger partial charge in [-0.1, -0.05) is 39.8 Å². The minimum Gasteiger partial charge on any atom is -0.333 e. The third kappa shape index (κ3) is 7.21. The molecule has 2 amide bonds. The number of benzene rings is 1. The van der Waals surface area contributed by atoms with E-state index in [0.29, 0.717) is 42.1 Å². The van der Waals surface area contributed by atoms with Crippen molar-refractivity contribution in [1.82, 2.24) is 30.0 Å². The van der Waals surface area contributed by atoms with E-state index in [1.165, 1.54) is 11.3 Å². The Bertz CT molecular complexity index is 1700. The lowest BCUT2D eigenvalue weighted by Crippen LogP contribution is -2.39. The first-order valence-electron chi connectivity index (χ1n) is 15.1. The lowest BCUT2D eigenvalue weighted by atomic mass is 10.1. The molecule has 5 rings (SSSR count). The molecule has 4 heterocycles. The van der Waals surface area contributed by atoms with Crippen LogP contribution < -0.4 is 10.6 Å². The van der Waals surface area contributed by atoms with E-state index in [9.17, 15) is 14.9 Å². The second-order valence-corrected chi connectivity index (χ2v) is 12.9. The van der Waals surface area contributed by atoms with E-state index in [1.54, 1.807) is 23.2 Å². The Balaban J connectivity index is 1.44. The van der Waals surface area contributed by atoms with Crippen molar-refractivity contribution in [2.45, 2.75) is 59.7 Å². The van der Waals surface area contributed by atoms with Gasteiger partial charge in [0.1, 0.15) is 17.3 Å². The van der Waals surface area contributed by atoms with Gasteiger partial charge in [-0.25, -0.2) is 4.98 Å². The van der Waals surface area contributed by atoms with E-state index in [-0.39, 0.29) is 29.3 Å². The van der Waals surface area contributed by atoms with E-state index in [1.807, 2.05) is 48.7 Å². The minimum absolute atomic E-state index is 0.0880. The lowest BCUT2D eigenvalue weighted by Gasteiger charge is -2.26. The molecule has 10 nitrogen and oxygen atoms in total. The normalized spacial score (nSPS) is 15.3. The zero-order valence-electron chi connectivity index (χ0n) is 25.6. The van der Waals surface area contributed by atoms with Crippen LogP contribution in [0.1, 0.15) is 55.8 Å². The molecule has 1 aromatic carbocycles. The number of hydrogen-bond donors (Lipinski definition) is 2. The second kappa shape index (κ2) is 13.9. The number of nitriles is 1. The number of carbonyl (C=O) groups excluding carboxylic acids is 2. The highest BCUT2D eigenvalue weighted by Crippen LogP contribution is 2.29. The number of likely N-dealkylation sites (tertiary alicyclic amines) is 1. The van der Waals surface area contributed by atoms with E-state index in [2.05, 4.69) is 46.8 Å². The van der Waals surface area contributed by atoms with Crippen molar-refractivity contribution >= 4 is 40.1 Å². The maximum Gasteiger partial charge on any atom is 0.268 e. The number of imidazole rings is 1. The number of rotatable bonds is 11. The van der Waals surface area contributed by atoms with Gasteiger partial charge in [0, 0.05) is 25.8 Å². The predicted octanol–water partition coefficient (Wildman–Crippen LogP) is 5.65. The largest absolute Gasteiger partial charge is 0.333 e. The van der Waals surface area contributed by atoms with Gasteiger partial charge >= 0.3 is 0 Å². The number of hydrogen-bond acceptors (Lipinski definition) is 8. The Morgan fingerprint density at radius 3 is 2.75 bits per heavy atom. The Morgan fingerprint density at radius 2 is 2.02 bits per heavy atom. The number of amides is 2. The van der Waals surface area contributed by atoms with Gasteiger partial charge in [-0.3, -0.25) is 14.9 Å². The first-order chi connectivity index (χ1) is 21.2. The maximum absolute atomic E-state index is 13.5. The van der Waals surface area contributed by atoms with Gasteiger partial charge in [-0.05, 0) is 73.2 Å². The molecule has 1 fully saturated rings. The fraction of sp³-hybridized carbons (Fsp3) is 0.394. The summed E-state index contributed by atoms with van der Waals surface area (Å²) in [7, 11) is 0. The van der Waals surface area contributed by atoms with Crippen molar-refractivity contribution in [1.29, 1.82) is 5.26 Å². The van der Waals surface area contributed by atoms with Crippen LogP contribution >= 0.6 is 11.3 Å². The summed E-state index contributed by atoms with van der Waals surface area (Å²) in [6, 6.07) is 15.4. The third-order valence-corrected chi connectivity index (χ3v) is 8.56. The van der Waals surface area contributed by atoms with Gasteiger partial charge in [-0.15, -0.1) is 16.4 Å². The molecule has 3 aromatic heterocycles. The van der Waals surface area contributed by atoms with Crippen molar-refractivity contribution < 1.29 is 9.59 Å². The minimum atomic E-state index is -0.272. The van der Waals surface area contributed by atoms with Crippen LogP contribution in [0.2, 0.25) is 0 Å². The van der Waals surface area contributed by atoms with Gasteiger partial charge in [0.2, 0.25) is 5.95 Å². The highest BCUT2D eigenvalue weighted by Gasteiger charge is 2.32. The summed E-state index contributed by atoms with van der Waals surface area (Å²) < 4.78 is 1.99. The molecule has 1 aliphatic heterocycles. The summed E-state index contributed by atoms with van der Waals surface area (Å²) in [4.78, 5) is 34.9. The molecule has 1 atom stereocenters. The van der Waals surface area contributed by atoms with Crippen LogP contribution in [0.15, 0.2) is 60.3 Å². The number of aromatic nitrogens is 4. The molecule has 1 unspecified atom stereocenters. The van der Waals surface area contributed by atoms with Gasteiger partial charge in [0.15, 0.2) is 0 Å². The lowest BCUT2D eigenvalue weighted by molar-refractivity contribution is -0.127. The highest BCUT2D eigenvalue weighted by molar-refractivity contribution is 7.17. The fourth-order valence-electron chi connectivity index (χ4n) is 5.41. The van der Waals surface area contributed by atoms with Crippen LogP contribution in [0.3, 0.4) is 0 Å². The summed E-state index contributed by atoms with van der Waals surface area (Å²) in [6.07, 6.45) is 4.98. The number of thiophene rings is 1. The summed E-state index contributed by atoms with van der Waals surface area (Å²) in [6.45, 7) is 10.9. The van der Waals surface area contributed by atoms with Crippen molar-refractivity contribution in [2.24, 2.45) is 11.8 Å². The van der Waals surface area contributed by atoms with Crippen molar-refractivity contribution in [3.8, 4) is 16.6 Å². The summed E-state index contributed by atoms with van der Waals surface area (Å²) in [5.74, 6) is 0.536. The molecule has 228 valence electrons. The zero-order chi connectivity index (χ0) is 31.2. The average molecular weight is 611 g/mol. The van der Waals surface area contributed by atoms with Crippen LogP contribution in [0.4, 0.5) is 5.95 Å². The van der Waals surface area contributed by atoms with Crippen LogP contribution in [-0.4, -0.2) is 55.6 Å². The number of carbonyl (C=O) groups is 2. The molecule has 44 heavy (non-hydrogen) atoms. The molecule has 0 radical (unpaired) electrons. The van der Waals surface area contributed by atoms with Crippen molar-refractivity contribution in [2.75, 3.05) is 18.4 Å². The van der Waals surface area contributed by atoms with Crippen LogP contribution in [0.25, 0.3) is 21.6 Å². The zero-order valence-corrected chi connectivity index (χ0v) is 26.4. The number of fused-ring (bicyclic) bond motifs is 1. The third-order valence-electron chi connectivity index (χ3n) is 7.46. The van der Waals surface area contributed by atoms with Crippen molar-refractivity contribution in [3.05, 3.63) is 70.8 Å². The molecule has 0 aliphatic carbocycles. The molecule has 0 saturated carbocycles. The van der Waals surface area contributed by atoms with E-state index in [0.717, 1.165) is 40.9 Å². The quantitative estimate of drug-likeness (QED) is 0.166. The van der Waals surface area contributed by atoms with Gasteiger partial charge in [0.25, 0.3) is 11.8 Å². The Hall–Kier alpha value is -4.40. The topological polar surface area (TPSA) is 129 Å². The molecular weight excluding hydrogens is 572 g/mol. The summed E-state index contributed by atoms with van der Waals surface area (Å²) in [5, 5.41) is 24.3. The summed E-state index contributed by atoms with van der Waals surface area (Å²) in [5.41, 5.74) is 3.62. The predicted molar refractivity (Wildman–Crippen MR) is 173 cm³/mol. The Kier molecular flexibility index (Phi) is 9.82. The highest BCUT2D eigenvalue weighted by atomic mass is 32.1. The SMILES string of the molecule is CC(C)C=C(C#N)C(=O)N1CCCC1Cn1c(NC(=O)c2ccc(-c3cccnn3)s2)nc2cc(CNCC(C)C)ccc21. The second-order valence-electron chi connectivity index (χ2n) is 11.9. The molecule has 0 spiro atoms. The molecule has 1 saturated heterocycles. The molecule has 4 aromatic rings. The standard InChI is InChI=1S/C33H38N8O2S/c1-21(2)15-24(17-34)32(43)40-14-6-7-25(40)20-41-28-10-9-23(19-35-18-22(3)4)16-27(28)37-33(41)38-31(42)30-12-11-29(44-30)26-8-5-13-36-39-26/h5,8-13,15-16,21-22,25,35H,6-7,14,18-20H2,1-4H3,(H,37,38,42). The summed E-state index contributed by atoms with van der Waals surface area (Å²) >= 11 is 1.34. The first-order valence-corrected chi connectivity index (χ1v) is 15.9. The number of nitrogens with zero attached hydrogens (tertiary/aromatic N) is 6. The number of allylic oxidation sites excluding steroid dienone is 1. The van der Waals surface area contributed by atoms with E-state index >= 15 is 0 Å². The van der Waals surface area contributed by atoms with E-state index in [4.69, 9.17) is 4.98 Å². The van der Waals surface area contributed by atoms with E-state index < -0.39 is 0 Å². The molecule has 1 aliphatic rings. The average Bonchev–Trinajstić information content (AvgIpc) is 3.75. The number of nitrogens with one attached hydrogen (secondary N) is 2. The molecule has 2 N–H and O–H groups in total. The monoisotopic (exact) mass is 610 g/mol. The van der Waals surface area contributed by atoms with Gasteiger partial charge < -0.3 is 14.8 Å². The Morgan fingerprint density at radius 1 is 1.18 bits per heavy atom. The molecular formula is C33H38N8O2S. The van der Waals surface area contributed by atoms with Crippen LogP contribution in [0, 0.1) is 23.2 Å². The fourth-order valence-corrected chi connectivity index (χ4v) is 6.28. The number of anilines is 1. The van der Waals surface area contributed by atoms with Crippen molar-refractivity contribution in [3.63, 3.8) is 0 Å². The van der Waals surface area contributed by atoms with Crippen LogP contribution in [0.5, 0.6) is 0 Å². The van der Waals surface area contributed by atoms with Gasteiger partial charge in [0.05, 0.1) is 26.8 Å².